The van der Waals surface area contributed by atoms with Crippen LogP contribution in [-0.4, -0.2) is 16.9 Å². The molecule has 1 amide bonds. The van der Waals surface area contributed by atoms with Crippen molar-refractivity contribution in [2.75, 3.05) is 0 Å². The number of halogens is 3. The highest BCUT2D eigenvalue weighted by molar-refractivity contribution is 6.05. The van der Waals surface area contributed by atoms with E-state index in [0.717, 1.165) is 0 Å². The molecule has 1 heterocycles. The summed E-state index contributed by atoms with van der Waals surface area (Å²) in [6.45, 7) is 0. The minimum atomic E-state index is -1.06. The van der Waals surface area contributed by atoms with Crippen LogP contribution in [0.25, 0.3) is 22.0 Å². The van der Waals surface area contributed by atoms with E-state index >= 15 is 0 Å². The highest BCUT2D eigenvalue weighted by Crippen LogP contribution is 2.32. The molecule has 0 aliphatic heterocycles. The zero-order valence-corrected chi connectivity index (χ0v) is 12.6. The van der Waals surface area contributed by atoms with Crippen LogP contribution < -0.4 is 11.5 Å². The molecule has 3 aromatic rings. The molecule has 0 bridgehead atoms. The van der Waals surface area contributed by atoms with Crippen LogP contribution in [-0.2, 0) is 0 Å². The van der Waals surface area contributed by atoms with Gasteiger partial charge in [-0.25, -0.2) is 13.2 Å². The Morgan fingerprint density at radius 2 is 1.72 bits per heavy atom. The van der Waals surface area contributed by atoms with Gasteiger partial charge in [0.1, 0.15) is 17.5 Å². The van der Waals surface area contributed by atoms with E-state index in [1.54, 1.807) is 12.1 Å². The maximum Gasteiger partial charge on any atom is 0.281 e. The first kappa shape index (κ1) is 16.4. The van der Waals surface area contributed by atoms with Crippen LogP contribution >= 0.6 is 0 Å². The average Bonchev–Trinajstić information content (AvgIpc) is 2.53. The molecule has 0 saturated carbocycles. The molecular weight excluding hydrogens is 333 g/mol. The van der Waals surface area contributed by atoms with Gasteiger partial charge in [0.25, 0.3) is 5.91 Å². The van der Waals surface area contributed by atoms with E-state index in [9.17, 15) is 18.0 Å². The molecule has 8 heteroatoms. The third-order valence-corrected chi connectivity index (χ3v) is 3.48. The van der Waals surface area contributed by atoms with Gasteiger partial charge in [0.2, 0.25) is 0 Å². The lowest BCUT2D eigenvalue weighted by Crippen LogP contribution is -2.24. The molecular formula is C17H11F3N4O. The smallest absolute Gasteiger partial charge is 0.281 e. The van der Waals surface area contributed by atoms with Crippen molar-refractivity contribution < 1.29 is 18.0 Å². The fourth-order valence-corrected chi connectivity index (χ4v) is 2.47. The third-order valence-electron chi connectivity index (χ3n) is 3.48. The number of nitrogens with zero attached hydrogens (tertiary/aromatic N) is 2. The molecule has 2 aromatic carbocycles. The summed E-state index contributed by atoms with van der Waals surface area (Å²) in [6, 6.07) is 7.13. The summed E-state index contributed by atoms with van der Waals surface area (Å²) in [4.78, 5) is 19.4. The second-order valence-corrected chi connectivity index (χ2v) is 5.18. The van der Waals surface area contributed by atoms with Crippen molar-refractivity contribution in [2.45, 2.75) is 0 Å². The van der Waals surface area contributed by atoms with Gasteiger partial charge in [0.15, 0.2) is 5.96 Å². The number of hydrogen-bond acceptors (Lipinski definition) is 2. The van der Waals surface area contributed by atoms with Gasteiger partial charge in [0, 0.05) is 23.7 Å². The molecule has 4 N–H and O–H groups in total. The monoisotopic (exact) mass is 344 g/mol. The Bertz CT molecular complexity index is 1010. The average molecular weight is 344 g/mol. The SMILES string of the molecule is NC(N)=NC(=O)c1cnc2cccc(-c3c(F)cc(F)cc3F)c2c1. The Balaban J connectivity index is 2.27. The van der Waals surface area contributed by atoms with E-state index in [1.165, 1.54) is 18.3 Å². The number of fused-ring (bicyclic) bond motifs is 1. The standard InChI is InChI=1S/C17H11F3N4O/c18-9-5-12(19)15(13(20)6-9)10-2-1-3-14-11(10)4-8(7-23-14)16(25)24-17(21)22/h1-7H,(H4,21,22,24,25). The molecule has 1 aromatic heterocycles. The molecule has 0 aliphatic rings. The topological polar surface area (TPSA) is 94.4 Å². The fraction of sp³-hybridized carbons (Fsp3) is 0. The summed E-state index contributed by atoms with van der Waals surface area (Å²) in [5.41, 5.74) is 10.5. The number of carbonyl (C=O) groups excluding carboxylic acids is 1. The van der Waals surface area contributed by atoms with E-state index in [-0.39, 0.29) is 11.1 Å². The van der Waals surface area contributed by atoms with E-state index in [4.69, 9.17) is 11.5 Å². The lowest BCUT2D eigenvalue weighted by atomic mass is 9.98. The molecule has 0 spiro atoms. The van der Waals surface area contributed by atoms with E-state index in [2.05, 4.69) is 9.98 Å². The van der Waals surface area contributed by atoms with Crippen LogP contribution in [0.5, 0.6) is 0 Å². The number of aromatic nitrogens is 1. The van der Waals surface area contributed by atoms with Crippen molar-refractivity contribution in [3.8, 4) is 11.1 Å². The van der Waals surface area contributed by atoms with Crippen LogP contribution in [0.4, 0.5) is 13.2 Å². The number of aliphatic imine (C=N–C) groups is 1. The lowest BCUT2D eigenvalue weighted by molar-refractivity contribution is 0.100. The number of hydrogen-bond donors (Lipinski definition) is 2. The molecule has 0 unspecified atom stereocenters. The van der Waals surface area contributed by atoms with Crippen LogP contribution in [0.3, 0.4) is 0 Å². The van der Waals surface area contributed by atoms with Crippen molar-refractivity contribution in [1.82, 2.24) is 4.98 Å². The predicted octanol–water partition coefficient (Wildman–Crippen LogP) is 2.73. The van der Waals surface area contributed by atoms with Gasteiger partial charge in [-0.15, -0.1) is 0 Å². The summed E-state index contributed by atoms with van der Waals surface area (Å²) >= 11 is 0. The zero-order chi connectivity index (χ0) is 18.1. The highest BCUT2D eigenvalue weighted by atomic mass is 19.1. The third kappa shape index (κ3) is 3.14. The zero-order valence-electron chi connectivity index (χ0n) is 12.6. The lowest BCUT2D eigenvalue weighted by Gasteiger charge is -2.10. The van der Waals surface area contributed by atoms with Crippen LogP contribution in [0.1, 0.15) is 10.4 Å². The van der Waals surface area contributed by atoms with Crippen LogP contribution in [0, 0.1) is 17.5 Å². The first-order valence-corrected chi connectivity index (χ1v) is 7.04. The predicted molar refractivity (Wildman–Crippen MR) is 87.2 cm³/mol. The molecule has 0 radical (unpaired) electrons. The second kappa shape index (κ2) is 6.23. The van der Waals surface area contributed by atoms with Crippen molar-refractivity contribution in [2.24, 2.45) is 16.5 Å². The number of benzene rings is 2. The number of pyridine rings is 1. The van der Waals surface area contributed by atoms with E-state index in [1.807, 2.05) is 0 Å². The molecule has 25 heavy (non-hydrogen) atoms. The first-order chi connectivity index (χ1) is 11.9. The van der Waals surface area contributed by atoms with E-state index < -0.39 is 34.9 Å². The van der Waals surface area contributed by atoms with Crippen molar-refractivity contribution >= 4 is 22.8 Å². The van der Waals surface area contributed by atoms with Crippen LogP contribution in [0.15, 0.2) is 47.6 Å². The van der Waals surface area contributed by atoms with E-state index in [0.29, 0.717) is 23.0 Å². The summed E-state index contributed by atoms with van der Waals surface area (Å²) in [7, 11) is 0. The highest BCUT2D eigenvalue weighted by Gasteiger charge is 2.17. The fourth-order valence-electron chi connectivity index (χ4n) is 2.47. The summed E-state index contributed by atoms with van der Waals surface area (Å²) in [6.07, 6.45) is 1.25. The number of amides is 1. The molecule has 0 fully saturated rings. The van der Waals surface area contributed by atoms with Crippen molar-refractivity contribution in [3.63, 3.8) is 0 Å². The van der Waals surface area contributed by atoms with Crippen molar-refractivity contribution in [1.29, 1.82) is 0 Å². The van der Waals surface area contributed by atoms with Gasteiger partial charge in [-0.1, -0.05) is 12.1 Å². The molecule has 3 rings (SSSR count). The summed E-state index contributed by atoms with van der Waals surface area (Å²) in [5.74, 6) is -4.32. The first-order valence-electron chi connectivity index (χ1n) is 7.04. The molecule has 0 saturated heterocycles. The number of nitrogens with two attached hydrogens (primary N) is 2. The van der Waals surface area contributed by atoms with Gasteiger partial charge in [-0.3, -0.25) is 9.78 Å². The molecule has 0 atom stereocenters. The van der Waals surface area contributed by atoms with Gasteiger partial charge in [-0.2, -0.15) is 4.99 Å². The molecule has 5 nitrogen and oxygen atoms in total. The number of carbonyl (C=O) groups is 1. The number of guanidine groups is 1. The van der Waals surface area contributed by atoms with Crippen molar-refractivity contribution in [3.05, 3.63) is 65.6 Å². The maximum atomic E-state index is 14.1. The summed E-state index contributed by atoms with van der Waals surface area (Å²) in [5, 5.41) is 0.295. The minimum Gasteiger partial charge on any atom is -0.370 e. The second-order valence-electron chi connectivity index (χ2n) is 5.18. The maximum absolute atomic E-state index is 14.1. The Morgan fingerprint density at radius 1 is 1.04 bits per heavy atom. The van der Waals surface area contributed by atoms with Gasteiger partial charge in [-0.05, 0) is 17.7 Å². The largest absolute Gasteiger partial charge is 0.370 e. The van der Waals surface area contributed by atoms with Gasteiger partial charge >= 0.3 is 0 Å². The summed E-state index contributed by atoms with van der Waals surface area (Å²) < 4.78 is 41.4. The Labute approximate surface area is 139 Å². The Hall–Kier alpha value is -3.42. The molecule has 126 valence electrons. The van der Waals surface area contributed by atoms with Gasteiger partial charge in [0.05, 0.1) is 16.6 Å². The molecule has 0 aliphatic carbocycles. The number of rotatable bonds is 2. The van der Waals surface area contributed by atoms with Gasteiger partial charge < -0.3 is 11.5 Å². The quantitative estimate of drug-likeness (QED) is 0.552. The Morgan fingerprint density at radius 3 is 2.36 bits per heavy atom. The normalized spacial score (nSPS) is 10.7. The Kier molecular flexibility index (Phi) is 4.10. The minimum absolute atomic E-state index is 0.0382. The van der Waals surface area contributed by atoms with Crippen LogP contribution in [0.2, 0.25) is 0 Å².